The standard InChI is InChI=1S/C11H14N2O2/c1-8-12-10-4-3-9(7-11(10)13-8)15-6-5-14-2/h3-4,7H,5-6H2,1-2H3,(H,12,13). The number of aromatic nitrogens is 2. The topological polar surface area (TPSA) is 47.1 Å². The molecule has 1 N–H and O–H groups in total. The van der Waals surface area contributed by atoms with Gasteiger partial charge in [0.2, 0.25) is 0 Å². The molecule has 0 saturated carbocycles. The highest BCUT2D eigenvalue weighted by atomic mass is 16.5. The molecule has 80 valence electrons. The fraction of sp³-hybridized carbons (Fsp3) is 0.364. The van der Waals surface area contributed by atoms with Gasteiger partial charge in [0, 0.05) is 13.2 Å². The number of imidazole rings is 1. The predicted molar refractivity (Wildman–Crippen MR) is 58.2 cm³/mol. The molecule has 0 bridgehead atoms. The van der Waals surface area contributed by atoms with Gasteiger partial charge in [-0.2, -0.15) is 0 Å². The molecule has 0 unspecified atom stereocenters. The Balaban J connectivity index is 2.15. The summed E-state index contributed by atoms with van der Waals surface area (Å²) in [4.78, 5) is 7.48. The van der Waals surface area contributed by atoms with Crippen molar-refractivity contribution in [3.63, 3.8) is 0 Å². The first-order valence-corrected chi connectivity index (χ1v) is 4.87. The second kappa shape index (κ2) is 4.31. The maximum atomic E-state index is 5.49. The van der Waals surface area contributed by atoms with Gasteiger partial charge in [0.1, 0.15) is 18.2 Å². The molecule has 4 nitrogen and oxygen atoms in total. The maximum Gasteiger partial charge on any atom is 0.121 e. The Hall–Kier alpha value is -1.55. The average molecular weight is 206 g/mol. The number of nitrogens with one attached hydrogen (secondary N) is 1. The van der Waals surface area contributed by atoms with Crippen LogP contribution in [-0.2, 0) is 4.74 Å². The van der Waals surface area contributed by atoms with E-state index in [4.69, 9.17) is 9.47 Å². The smallest absolute Gasteiger partial charge is 0.121 e. The Morgan fingerprint density at radius 2 is 2.20 bits per heavy atom. The third-order valence-corrected chi connectivity index (χ3v) is 2.13. The van der Waals surface area contributed by atoms with Gasteiger partial charge in [0.25, 0.3) is 0 Å². The second-order valence-corrected chi connectivity index (χ2v) is 3.34. The number of ether oxygens (including phenoxy) is 2. The molecule has 0 spiro atoms. The normalized spacial score (nSPS) is 10.8. The van der Waals surface area contributed by atoms with Gasteiger partial charge in [-0.25, -0.2) is 4.98 Å². The van der Waals surface area contributed by atoms with Crippen LogP contribution in [0.1, 0.15) is 5.82 Å². The lowest BCUT2D eigenvalue weighted by molar-refractivity contribution is 0.146. The van der Waals surface area contributed by atoms with Crippen LogP contribution in [0, 0.1) is 6.92 Å². The van der Waals surface area contributed by atoms with Crippen molar-refractivity contribution in [3.8, 4) is 5.75 Å². The van der Waals surface area contributed by atoms with Gasteiger partial charge in [-0.05, 0) is 19.1 Å². The second-order valence-electron chi connectivity index (χ2n) is 3.34. The van der Waals surface area contributed by atoms with Gasteiger partial charge >= 0.3 is 0 Å². The Morgan fingerprint density at radius 3 is 3.00 bits per heavy atom. The zero-order chi connectivity index (χ0) is 10.7. The SMILES string of the molecule is COCCOc1ccc2nc(C)[nH]c2c1. The molecule has 0 atom stereocenters. The third kappa shape index (κ3) is 2.27. The van der Waals surface area contributed by atoms with Crippen LogP contribution in [0.15, 0.2) is 18.2 Å². The molecule has 0 radical (unpaired) electrons. The Bertz CT molecular complexity index is 451. The summed E-state index contributed by atoms with van der Waals surface area (Å²) in [5.41, 5.74) is 1.97. The molecular formula is C11H14N2O2. The first-order chi connectivity index (χ1) is 7.29. The van der Waals surface area contributed by atoms with Crippen LogP contribution >= 0.6 is 0 Å². The van der Waals surface area contributed by atoms with E-state index >= 15 is 0 Å². The van der Waals surface area contributed by atoms with E-state index in [2.05, 4.69) is 9.97 Å². The predicted octanol–water partition coefficient (Wildman–Crippen LogP) is 1.90. The zero-order valence-corrected chi connectivity index (χ0v) is 8.91. The number of hydrogen-bond acceptors (Lipinski definition) is 3. The Labute approximate surface area is 88.2 Å². The minimum atomic E-state index is 0.565. The fourth-order valence-electron chi connectivity index (χ4n) is 1.45. The van der Waals surface area contributed by atoms with Crippen molar-refractivity contribution >= 4 is 11.0 Å². The molecule has 2 rings (SSSR count). The van der Waals surface area contributed by atoms with E-state index in [9.17, 15) is 0 Å². The van der Waals surface area contributed by atoms with Gasteiger partial charge in [0.05, 0.1) is 17.6 Å². The molecule has 0 amide bonds. The van der Waals surface area contributed by atoms with E-state index in [-0.39, 0.29) is 0 Å². The third-order valence-electron chi connectivity index (χ3n) is 2.13. The van der Waals surface area contributed by atoms with Crippen molar-refractivity contribution in [1.82, 2.24) is 9.97 Å². The van der Waals surface area contributed by atoms with Gasteiger partial charge in [0.15, 0.2) is 0 Å². The first-order valence-electron chi connectivity index (χ1n) is 4.87. The number of aromatic amines is 1. The highest BCUT2D eigenvalue weighted by Crippen LogP contribution is 2.18. The monoisotopic (exact) mass is 206 g/mol. The molecule has 15 heavy (non-hydrogen) atoms. The number of rotatable bonds is 4. The van der Waals surface area contributed by atoms with Crippen molar-refractivity contribution in [3.05, 3.63) is 24.0 Å². The van der Waals surface area contributed by atoms with Gasteiger partial charge in [-0.3, -0.25) is 0 Å². The lowest BCUT2D eigenvalue weighted by atomic mass is 10.3. The minimum absolute atomic E-state index is 0.565. The summed E-state index contributed by atoms with van der Waals surface area (Å²) in [7, 11) is 1.66. The van der Waals surface area contributed by atoms with E-state index < -0.39 is 0 Å². The number of aryl methyl sites for hydroxylation is 1. The van der Waals surface area contributed by atoms with Crippen molar-refractivity contribution < 1.29 is 9.47 Å². The zero-order valence-electron chi connectivity index (χ0n) is 8.91. The van der Waals surface area contributed by atoms with Crippen LogP contribution in [0.5, 0.6) is 5.75 Å². The number of benzene rings is 1. The molecule has 4 heteroatoms. The first kappa shape index (κ1) is 9.98. The molecule has 0 aliphatic rings. The highest BCUT2D eigenvalue weighted by Gasteiger charge is 2.00. The van der Waals surface area contributed by atoms with Gasteiger partial charge in [-0.15, -0.1) is 0 Å². The molecule has 1 heterocycles. The summed E-state index contributed by atoms with van der Waals surface area (Å²) in [6.45, 7) is 3.10. The largest absolute Gasteiger partial charge is 0.491 e. The Morgan fingerprint density at radius 1 is 1.33 bits per heavy atom. The van der Waals surface area contributed by atoms with Crippen LogP contribution in [0.25, 0.3) is 11.0 Å². The molecule has 1 aromatic heterocycles. The van der Waals surface area contributed by atoms with Crippen LogP contribution in [0.2, 0.25) is 0 Å². The maximum absolute atomic E-state index is 5.49. The molecule has 0 aliphatic heterocycles. The molecule has 1 aromatic carbocycles. The van der Waals surface area contributed by atoms with E-state index in [0.29, 0.717) is 13.2 Å². The number of methoxy groups -OCH3 is 1. The number of H-pyrrole nitrogens is 1. The van der Waals surface area contributed by atoms with E-state index in [1.54, 1.807) is 7.11 Å². The number of nitrogens with zero attached hydrogens (tertiary/aromatic N) is 1. The van der Waals surface area contributed by atoms with Crippen LogP contribution in [0.4, 0.5) is 0 Å². The van der Waals surface area contributed by atoms with Crippen molar-refractivity contribution in [2.24, 2.45) is 0 Å². The van der Waals surface area contributed by atoms with Crippen molar-refractivity contribution in [2.45, 2.75) is 6.92 Å². The lowest BCUT2D eigenvalue weighted by Gasteiger charge is -2.04. The highest BCUT2D eigenvalue weighted by molar-refractivity contribution is 5.76. The summed E-state index contributed by atoms with van der Waals surface area (Å²) in [6, 6.07) is 5.81. The minimum Gasteiger partial charge on any atom is -0.491 e. The summed E-state index contributed by atoms with van der Waals surface area (Å²) in [6.07, 6.45) is 0. The van der Waals surface area contributed by atoms with Crippen LogP contribution in [0.3, 0.4) is 0 Å². The average Bonchev–Trinajstić information content (AvgIpc) is 2.57. The van der Waals surface area contributed by atoms with Crippen LogP contribution in [-0.4, -0.2) is 30.3 Å². The van der Waals surface area contributed by atoms with E-state index in [1.165, 1.54) is 0 Å². The van der Waals surface area contributed by atoms with E-state index in [1.807, 2.05) is 25.1 Å². The number of hydrogen-bond donors (Lipinski definition) is 1. The molecule has 2 aromatic rings. The Kier molecular flexibility index (Phi) is 2.87. The quantitative estimate of drug-likeness (QED) is 0.777. The summed E-state index contributed by atoms with van der Waals surface area (Å²) in [5.74, 6) is 1.75. The van der Waals surface area contributed by atoms with E-state index in [0.717, 1.165) is 22.6 Å². The molecule has 0 fully saturated rings. The molecule has 0 saturated heterocycles. The molecule has 0 aliphatic carbocycles. The number of fused-ring (bicyclic) bond motifs is 1. The lowest BCUT2D eigenvalue weighted by Crippen LogP contribution is -2.03. The van der Waals surface area contributed by atoms with Crippen molar-refractivity contribution in [2.75, 3.05) is 20.3 Å². The van der Waals surface area contributed by atoms with Gasteiger partial charge < -0.3 is 14.5 Å². The summed E-state index contributed by atoms with van der Waals surface area (Å²) in [5, 5.41) is 0. The molecular weight excluding hydrogens is 192 g/mol. The summed E-state index contributed by atoms with van der Waals surface area (Å²) >= 11 is 0. The van der Waals surface area contributed by atoms with Crippen LogP contribution < -0.4 is 4.74 Å². The van der Waals surface area contributed by atoms with Gasteiger partial charge in [-0.1, -0.05) is 0 Å². The summed E-state index contributed by atoms with van der Waals surface area (Å²) < 4.78 is 10.4. The fourth-order valence-corrected chi connectivity index (χ4v) is 1.45. The van der Waals surface area contributed by atoms with Crippen molar-refractivity contribution in [1.29, 1.82) is 0 Å².